The third kappa shape index (κ3) is 3.50. The molecule has 1 saturated heterocycles. The third-order valence-electron chi connectivity index (χ3n) is 4.66. The van der Waals surface area contributed by atoms with E-state index in [0.29, 0.717) is 0 Å². The van der Waals surface area contributed by atoms with Gasteiger partial charge in [-0.2, -0.15) is 0 Å². The van der Waals surface area contributed by atoms with Crippen molar-refractivity contribution in [3.63, 3.8) is 0 Å². The van der Waals surface area contributed by atoms with Crippen LogP contribution in [0.4, 0.5) is 11.4 Å². The summed E-state index contributed by atoms with van der Waals surface area (Å²) in [5, 5.41) is 2.22. The highest BCUT2D eigenvalue weighted by atomic mass is 35.5. The average Bonchev–Trinajstić information content (AvgIpc) is 3.08. The van der Waals surface area contributed by atoms with Crippen LogP contribution in [-0.2, 0) is 0 Å². The van der Waals surface area contributed by atoms with Gasteiger partial charge in [-0.25, -0.2) is 0 Å². The molecule has 0 amide bonds. The van der Waals surface area contributed by atoms with Crippen molar-refractivity contribution >= 4 is 46.2 Å². The topological polar surface area (TPSA) is 6.48 Å². The zero-order valence-corrected chi connectivity index (χ0v) is 16.2. The van der Waals surface area contributed by atoms with E-state index in [1.807, 2.05) is 36.4 Å². The summed E-state index contributed by atoms with van der Waals surface area (Å²) < 4.78 is 0. The smallest absolute Gasteiger partial charge is 0.128 e. The molecule has 5 heteroatoms. The lowest BCUT2D eigenvalue weighted by Crippen LogP contribution is -2.30. The van der Waals surface area contributed by atoms with E-state index in [-0.39, 0.29) is 6.17 Å². The molecule has 4 rings (SSSR count). The van der Waals surface area contributed by atoms with E-state index < -0.39 is 0 Å². The van der Waals surface area contributed by atoms with Crippen molar-refractivity contribution in [2.24, 2.45) is 0 Å². The minimum Gasteiger partial charge on any atom is -0.346 e. The van der Waals surface area contributed by atoms with E-state index in [1.165, 1.54) is 5.56 Å². The normalized spacial score (nSPS) is 14.9. The number of hydrogen-bond acceptors (Lipinski definition) is 2. The first-order chi connectivity index (χ1) is 12.6. The summed E-state index contributed by atoms with van der Waals surface area (Å²) in [6.45, 7) is 1.83. The Hall–Kier alpha value is -1.87. The van der Waals surface area contributed by atoms with Crippen LogP contribution in [0.2, 0.25) is 15.1 Å². The molecule has 0 atom stereocenters. The first kappa shape index (κ1) is 17.5. The number of nitrogens with zero attached hydrogens (tertiary/aromatic N) is 2. The fourth-order valence-electron chi connectivity index (χ4n) is 3.43. The van der Waals surface area contributed by atoms with Crippen LogP contribution in [0, 0.1) is 0 Å². The Morgan fingerprint density at radius 3 is 1.27 bits per heavy atom. The Morgan fingerprint density at radius 1 is 0.538 bits per heavy atom. The van der Waals surface area contributed by atoms with Crippen LogP contribution in [0.1, 0.15) is 11.7 Å². The molecular formula is C21H17Cl3N2. The van der Waals surface area contributed by atoms with E-state index in [2.05, 4.69) is 46.2 Å². The molecule has 0 unspecified atom stereocenters. The van der Waals surface area contributed by atoms with E-state index in [9.17, 15) is 0 Å². The largest absolute Gasteiger partial charge is 0.346 e. The highest BCUT2D eigenvalue weighted by Crippen LogP contribution is 2.38. The molecular weight excluding hydrogens is 387 g/mol. The molecule has 0 bridgehead atoms. The second kappa shape index (κ2) is 7.40. The Labute approximate surface area is 168 Å². The Bertz CT molecular complexity index is 823. The monoisotopic (exact) mass is 402 g/mol. The predicted molar refractivity (Wildman–Crippen MR) is 112 cm³/mol. The number of rotatable bonds is 3. The molecule has 0 saturated carbocycles. The molecule has 2 nitrogen and oxygen atoms in total. The number of benzene rings is 3. The van der Waals surface area contributed by atoms with Gasteiger partial charge in [0.25, 0.3) is 0 Å². The molecule has 0 radical (unpaired) electrons. The lowest BCUT2D eigenvalue weighted by Gasteiger charge is -2.33. The fraction of sp³-hybridized carbons (Fsp3) is 0.143. The highest BCUT2D eigenvalue weighted by Gasteiger charge is 2.33. The lowest BCUT2D eigenvalue weighted by molar-refractivity contribution is 0.717. The maximum atomic E-state index is 6.10. The molecule has 0 aliphatic carbocycles. The van der Waals surface area contributed by atoms with E-state index >= 15 is 0 Å². The van der Waals surface area contributed by atoms with Gasteiger partial charge in [-0.3, -0.25) is 0 Å². The summed E-state index contributed by atoms with van der Waals surface area (Å²) in [7, 11) is 0. The number of anilines is 2. The molecule has 26 heavy (non-hydrogen) atoms. The van der Waals surface area contributed by atoms with Crippen LogP contribution < -0.4 is 9.80 Å². The van der Waals surface area contributed by atoms with Crippen molar-refractivity contribution < 1.29 is 0 Å². The molecule has 1 aliphatic heterocycles. The van der Waals surface area contributed by atoms with Crippen LogP contribution in [-0.4, -0.2) is 13.1 Å². The van der Waals surface area contributed by atoms with Crippen molar-refractivity contribution in [1.29, 1.82) is 0 Å². The van der Waals surface area contributed by atoms with Gasteiger partial charge in [0.15, 0.2) is 0 Å². The molecule has 1 heterocycles. The quantitative estimate of drug-likeness (QED) is 0.481. The summed E-state index contributed by atoms with van der Waals surface area (Å²) in [5.41, 5.74) is 3.48. The van der Waals surface area contributed by atoms with Crippen LogP contribution in [0.5, 0.6) is 0 Å². The molecule has 0 spiro atoms. The molecule has 0 N–H and O–H groups in total. The SMILES string of the molecule is Clc1ccc(C2N(c3ccc(Cl)cc3)CCN2c2ccc(Cl)cc2)cc1. The summed E-state index contributed by atoms with van der Waals surface area (Å²) in [6.07, 6.45) is 0.0783. The van der Waals surface area contributed by atoms with Gasteiger partial charge in [-0.1, -0.05) is 46.9 Å². The van der Waals surface area contributed by atoms with Crippen molar-refractivity contribution in [2.75, 3.05) is 22.9 Å². The van der Waals surface area contributed by atoms with Gasteiger partial charge >= 0.3 is 0 Å². The fourth-order valence-corrected chi connectivity index (χ4v) is 3.81. The lowest BCUT2D eigenvalue weighted by atomic mass is 10.1. The van der Waals surface area contributed by atoms with Gasteiger partial charge in [-0.15, -0.1) is 0 Å². The van der Waals surface area contributed by atoms with Crippen molar-refractivity contribution in [3.05, 3.63) is 93.4 Å². The van der Waals surface area contributed by atoms with Gasteiger partial charge in [0.2, 0.25) is 0 Å². The van der Waals surface area contributed by atoms with Crippen LogP contribution in [0.25, 0.3) is 0 Å². The summed E-state index contributed by atoms with van der Waals surface area (Å²) >= 11 is 18.2. The highest BCUT2D eigenvalue weighted by molar-refractivity contribution is 6.31. The van der Waals surface area contributed by atoms with E-state index in [4.69, 9.17) is 34.8 Å². The van der Waals surface area contributed by atoms with Crippen LogP contribution in [0.15, 0.2) is 72.8 Å². The van der Waals surface area contributed by atoms with Gasteiger partial charge in [0.05, 0.1) is 0 Å². The zero-order valence-electron chi connectivity index (χ0n) is 13.9. The first-order valence-electron chi connectivity index (χ1n) is 8.42. The van der Waals surface area contributed by atoms with Gasteiger partial charge in [0, 0.05) is 39.5 Å². The first-order valence-corrected chi connectivity index (χ1v) is 9.55. The van der Waals surface area contributed by atoms with Gasteiger partial charge < -0.3 is 9.80 Å². The summed E-state index contributed by atoms with van der Waals surface area (Å²) in [5.74, 6) is 0. The molecule has 1 aliphatic rings. The minimum absolute atomic E-state index is 0.0783. The summed E-state index contributed by atoms with van der Waals surface area (Å²) in [4.78, 5) is 4.77. The maximum Gasteiger partial charge on any atom is 0.128 e. The van der Waals surface area contributed by atoms with Gasteiger partial charge in [-0.05, 0) is 66.2 Å². The van der Waals surface area contributed by atoms with Crippen molar-refractivity contribution in [1.82, 2.24) is 0 Å². The third-order valence-corrected chi connectivity index (χ3v) is 5.41. The zero-order chi connectivity index (χ0) is 18.1. The van der Waals surface area contributed by atoms with Crippen LogP contribution in [0.3, 0.4) is 0 Å². The maximum absolute atomic E-state index is 6.10. The standard InChI is InChI=1S/C21H17Cl3N2/c22-16-3-1-15(2-4-16)21-25(19-9-5-17(23)6-10-19)13-14-26(21)20-11-7-18(24)8-12-20/h1-12,21H,13-14H2. The van der Waals surface area contributed by atoms with Crippen LogP contribution >= 0.6 is 34.8 Å². The molecule has 0 aromatic heterocycles. The molecule has 3 aromatic rings. The number of hydrogen-bond donors (Lipinski definition) is 0. The van der Waals surface area contributed by atoms with Gasteiger partial charge in [0.1, 0.15) is 6.17 Å². The molecule has 1 fully saturated rings. The Morgan fingerprint density at radius 2 is 0.885 bits per heavy atom. The number of halogens is 3. The average molecular weight is 404 g/mol. The van der Waals surface area contributed by atoms with Crippen molar-refractivity contribution in [3.8, 4) is 0 Å². The Balaban J connectivity index is 1.75. The van der Waals surface area contributed by atoms with E-state index in [1.54, 1.807) is 0 Å². The van der Waals surface area contributed by atoms with Crippen molar-refractivity contribution in [2.45, 2.75) is 6.17 Å². The summed E-state index contributed by atoms with van der Waals surface area (Å²) in [6, 6.07) is 24.0. The second-order valence-corrected chi connectivity index (χ2v) is 7.57. The molecule has 3 aromatic carbocycles. The predicted octanol–water partition coefficient (Wildman–Crippen LogP) is 6.67. The Kier molecular flexibility index (Phi) is 4.99. The minimum atomic E-state index is 0.0783. The second-order valence-electron chi connectivity index (χ2n) is 6.26. The van der Waals surface area contributed by atoms with E-state index in [0.717, 1.165) is 39.5 Å². The molecule has 132 valence electrons.